The molecule has 1 atom stereocenters. The highest BCUT2D eigenvalue weighted by atomic mass is 35.5. The Hall–Kier alpha value is -2.57. The van der Waals surface area contributed by atoms with Crippen molar-refractivity contribution in [2.45, 2.75) is 36.2 Å². The number of carbonyl (C=O) groups excluding carboxylic acids is 1. The second-order valence-electron chi connectivity index (χ2n) is 7.74. The SMILES string of the molecule is Cc1cccc(Sc2nccnc2N2CCC[C@H](C(=O)NCc3cccc(Cl)c3)C2)c1. The number of benzene rings is 2. The first-order chi connectivity index (χ1) is 15.1. The summed E-state index contributed by atoms with van der Waals surface area (Å²) in [6.07, 6.45) is 5.26. The number of hydrogen-bond donors (Lipinski definition) is 1. The zero-order valence-electron chi connectivity index (χ0n) is 17.4. The van der Waals surface area contributed by atoms with Crippen molar-refractivity contribution in [3.63, 3.8) is 0 Å². The second-order valence-corrected chi connectivity index (χ2v) is 9.24. The van der Waals surface area contributed by atoms with E-state index >= 15 is 0 Å². The summed E-state index contributed by atoms with van der Waals surface area (Å²) in [5.41, 5.74) is 2.21. The highest BCUT2D eigenvalue weighted by molar-refractivity contribution is 7.99. The van der Waals surface area contributed by atoms with E-state index in [0.717, 1.165) is 40.7 Å². The van der Waals surface area contributed by atoms with E-state index in [1.165, 1.54) is 5.56 Å². The predicted octanol–water partition coefficient (Wildman–Crippen LogP) is 5.12. The highest BCUT2D eigenvalue weighted by Crippen LogP contribution is 2.34. The van der Waals surface area contributed by atoms with Gasteiger partial charge >= 0.3 is 0 Å². The predicted molar refractivity (Wildman–Crippen MR) is 126 cm³/mol. The van der Waals surface area contributed by atoms with Crippen LogP contribution in [0.2, 0.25) is 5.02 Å². The molecule has 1 N–H and O–H groups in total. The van der Waals surface area contributed by atoms with E-state index in [-0.39, 0.29) is 11.8 Å². The summed E-state index contributed by atoms with van der Waals surface area (Å²) in [6.45, 7) is 4.08. The molecule has 1 aromatic heterocycles. The normalized spacial score (nSPS) is 16.2. The minimum absolute atomic E-state index is 0.0708. The maximum Gasteiger partial charge on any atom is 0.225 e. The molecular formula is C24H25ClN4OS. The van der Waals surface area contributed by atoms with E-state index in [1.54, 1.807) is 24.2 Å². The molecule has 0 bridgehead atoms. The lowest BCUT2D eigenvalue weighted by atomic mass is 9.97. The largest absolute Gasteiger partial charge is 0.354 e. The number of hydrogen-bond acceptors (Lipinski definition) is 5. The number of carbonyl (C=O) groups is 1. The molecule has 1 aliphatic rings. The Morgan fingerprint density at radius 3 is 2.87 bits per heavy atom. The third kappa shape index (κ3) is 5.77. The number of aromatic nitrogens is 2. The zero-order chi connectivity index (χ0) is 21.6. The minimum atomic E-state index is -0.0771. The molecule has 7 heteroatoms. The summed E-state index contributed by atoms with van der Waals surface area (Å²) < 4.78 is 0. The van der Waals surface area contributed by atoms with Crippen LogP contribution in [-0.2, 0) is 11.3 Å². The summed E-state index contributed by atoms with van der Waals surface area (Å²) in [4.78, 5) is 25.4. The van der Waals surface area contributed by atoms with Gasteiger partial charge in [0.25, 0.3) is 0 Å². The van der Waals surface area contributed by atoms with Crippen LogP contribution >= 0.6 is 23.4 Å². The van der Waals surface area contributed by atoms with Crippen molar-refractivity contribution in [3.8, 4) is 0 Å². The standard InChI is InChI=1S/C24H25ClN4OS/c1-17-5-2-9-21(13-17)31-24-22(26-10-11-27-24)29-12-4-7-19(16-29)23(30)28-15-18-6-3-8-20(25)14-18/h2-3,5-6,8-11,13-14,19H,4,7,12,15-16H2,1H3,(H,28,30)/t19-/m0/s1. The van der Waals surface area contributed by atoms with Crippen molar-refractivity contribution in [1.82, 2.24) is 15.3 Å². The second kappa shape index (κ2) is 10.2. The molecule has 1 fully saturated rings. The fourth-order valence-corrected chi connectivity index (χ4v) is 4.98. The summed E-state index contributed by atoms with van der Waals surface area (Å²) in [6, 6.07) is 15.9. The molecule has 160 valence electrons. The average molecular weight is 453 g/mol. The number of piperidine rings is 1. The molecule has 1 aliphatic heterocycles. The van der Waals surface area contributed by atoms with Gasteiger partial charge in [0.1, 0.15) is 5.03 Å². The van der Waals surface area contributed by atoms with Crippen molar-refractivity contribution >= 4 is 35.1 Å². The van der Waals surface area contributed by atoms with Gasteiger partial charge in [0.15, 0.2) is 5.82 Å². The van der Waals surface area contributed by atoms with Crippen LogP contribution in [0.15, 0.2) is 70.8 Å². The van der Waals surface area contributed by atoms with E-state index in [2.05, 4.69) is 51.4 Å². The van der Waals surface area contributed by atoms with Crippen molar-refractivity contribution in [3.05, 3.63) is 77.1 Å². The summed E-state index contributed by atoms with van der Waals surface area (Å²) >= 11 is 7.66. The molecule has 1 amide bonds. The number of nitrogens with one attached hydrogen (secondary N) is 1. The molecule has 3 aromatic rings. The van der Waals surface area contributed by atoms with Crippen LogP contribution in [-0.4, -0.2) is 29.0 Å². The Morgan fingerprint density at radius 2 is 2.03 bits per heavy atom. The lowest BCUT2D eigenvalue weighted by Gasteiger charge is -2.33. The summed E-state index contributed by atoms with van der Waals surface area (Å²) in [7, 11) is 0. The topological polar surface area (TPSA) is 58.1 Å². The highest BCUT2D eigenvalue weighted by Gasteiger charge is 2.28. The number of amides is 1. The number of nitrogens with zero attached hydrogens (tertiary/aromatic N) is 3. The van der Waals surface area contributed by atoms with Crippen LogP contribution in [0.4, 0.5) is 5.82 Å². The van der Waals surface area contributed by atoms with Gasteiger partial charge in [-0.3, -0.25) is 4.79 Å². The minimum Gasteiger partial charge on any atom is -0.354 e. The molecule has 1 saturated heterocycles. The van der Waals surface area contributed by atoms with Gasteiger partial charge in [-0.05, 0) is 49.6 Å². The Kier molecular flexibility index (Phi) is 7.10. The van der Waals surface area contributed by atoms with Crippen LogP contribution < -0.4 is 10.2 Å². The fraction of sp³-hybridized carbons (Fsp3) is 0.292. The van der Waals surface area contributed by atoms with E-state index in [9.17, 15) is 4.79 Å². The molecule has 0 spiro atoms. The Bertz CT molecular complexity index is 1060. The van der Waals surface area contributed by atoms with Crippen LogP contribution in [0.25, 0.3) is 0 Å². The molecule has 5 nitrogen and oxygen atoms in total. The van der Waals surface area contributed by atoms with Gasteiger partial charge < -0.3 is 10.2 Å². The van der Waals surface area contributed by atoms with Gasteiger partial charge in [0.05, 0.1) is 5.92 Å². The van der Waals surface area contributed by atoms with Crippen molar-refractivity contribution in [2.75, 3.05) is 18.0 Å². The van der Waals surface area contributed by atoms with E-state index in [4.69, 9.17) is 11.6 Å². The van der Waals surface area contributed by atoms with Gasteiger partial charge in [-0.1, -0.05) is 53.2 Å². The Labute approximate surface area is 192 Å². The third-order valence-corrected chi connectivity index (χ3v) is 6.50. The molecule has 0 unspecified atom stereocenters. The van der Waals surface area contributed by atoms with Crippen LogP contribution in [0.3, 0.4) is 0 Å². The van der Waals surface area contributed by atoms with Crippen molar-refractivity contribution < 1.29 is 4.79 Å². The number of halogens is 1. The Balaban J connectivity index is 1.43. The van der Waals surface area contributed by atoms with Crippen molar-refractivity contribution in [1.29, 1.82) is 0 Å². The van der Waals surface area contributed by atoms with Crippen LogP contribution in [0, 0.1) is 12.8 Å². The number of aryl methyl sites for hydroxylation is 1. The Morgan fingerprint density at radius 1 is 1.19 bits per heavy atom. The molecular weight excluding hydrogens is 428 g/mol. The van der Waals surface area contributed by atoms with E-state index in [0.29, 0.717) is 18.1 Å². The zero-order valence-corrected chi connectivity index (χ0v) is 19.0. The lowest BCUT2D eigenvalue weighted by Crippen LogP contribution is -2.43. The molecule has 31 heavy (non-hydrogen) atoms. The molecule has 2 heterocycles. The third-order valence-electron chi connectivity index (χ3n) is 5.30. The van der Waals surface area contributed by atoms with Gasteiger partial charge in [0, 0.05) is 41.9 Å². The van der Waals surface area contributed by atoms with Crippen LogP contribution in [0.5, 0.6) is 0 Å². The van der Waals surface area contributed by atoms with E-state index < -0.39 is 0 Å². The lowest BCUT2D eigenvalue weighted by molar-refractivity contribution is -0.125. The molecule has 0 saturated carbocycles. The number of rotatable bonds is 6. The average Bonchev–Trinajstić information content (AvgIpc) is 2.78. The molecule has 0 radical (unpaired) electrons. The maximum atomic E-state index is 12.8. The molecule has 4 rings (SSSR count). The first-order valence-corrected chi connectivity index (χ1v) is 11.6. The van der Waals surface area contributed by atoms with Gasteiger partial charge in [-0.2, -0.15) is 0 Å². The van der Waals surface area contributed by atoms with E-state index in [1.807, 2.05) is 24.3 Å². The molecule has 0 aliphatic carbocycles. The smallest absolute Gasteiger partial charge is 0.225 e. The summed E-state index contributed by atoms with van der Waals surface area (Å²) in [5, 5.41) is 4.61. The first-order valence-electron chi connectivity index (χ1n) is 10.4. The fourth-order valence-electron chi connectivity index (χ4n) is 3.76. The monoisotopic (exact) mass is 452 g/mol. The maximum absolute atomic E-state index is 12.8. The quantitative estimate of drug-likeness (QED) is 0.562. The van der Waals surface area contributed by atoms with Gasteiger partial charge in [0.2, 0.25) is 5.91 Å². The first kappa shape index (κ1) is 21.7. The van der Waals surface area contributed by atoms with Crippen LogP contribution in [0.1, 0.15) is 24.0 Å². The van der Waals surface area contributed by atoms with Crippen molar-refractivity contribution in [2.24, 2.45) is 5.92 Å². The number of anilines is 1. The van der Waals surface area contributed by atoms with Gasteiger partial charge in [-0.25, -0.2) is 9.97 Å². The molecule has 2 aromatic carbocycles. The van der Waals surface area contributed by atoms with Gasteiger partial charge in [-0.15, -0.1) is 0 Å². The summed E-state index contributed by atoms with van der Waals surface area (Å²) in [5.74, 6) is 0.842.